The van der Waals surface area contributed by atoms with E-state index >= 15 is 0 Å². The molecule has 0 bridgehead atoms. The lowest BCUT2D eigenvalue weighted by atomic mass is 9.99. The lowest BCUT2D eigenvalue weighted by Crippen LogP contribution is -2.41. The maximum absolute atomic E-state index is 12.5. The normalized spacial score (nSPS) is 16.6. The van der Waals surface area contributed by atoms with Crippen molar-refractivity contribution in [2.45, 2.75) is 26.3 Å². The molecule has 0 aliphatic carbocycles. The van der Waals surface area contributed by atoms with E-state index in [4.69, 9.17) is 22.1 Å². The van der Waals surface area contributed by atoms with E-state index in [0.29, 0.717) is 42.6 Å². The summed E-state index contributed by atoms with van der Waals surface area (Å²) in [5, 5.41) is 3.06. The first-order chi connectivity index (χ1) is 11.4. The largest absolute Gasteiger partial charge is 0.378 e. The molecule has 1 aromatic carbocycles. The number of morpholine rings is 1. The number of hydrogen-bond acceptors (Lipinski definition) is 4. The lowest BCUT2D eigenvalue weighted by Gasteiger charge is -2.27. The van der Waals surface area contributed by atoms with Crippen molar-refractivity contribution in [3.63, 3.8) is 0 Å². The van der Waals surface area contributed by atoms with Crippen molar-refractivity contribution in [1.82, 2.24) is 4.90 Å². The van der Waals surface area contributed by atoms with E-state index in [1.807, 2.05) is 13.8 Å². The van der Waals surface area contributed by atoms with Crippen LogP contribution >= 0.6 is 24.0 Å². The number of carbonyl (C=O) groups is 2. The minimum Gasteiger partial charge on any atom is -0.378 e. The fourth-order valence-corrected chi connectivity index (χ4v) is 2.70. The van der Waals surface area contributed by atoms with E-state index in [1.54, 1.807) is 23.1 Å². The molecule has 8 heteroatoms. The summed E-state index contributed by atoms with van der Waals surface area (Å²) in [5.74, 6) is -0.298. The van der Waals surface area contributed by atoms with Crippen molar-refractivity contribution in [2.75, 3.05) is 31.6 Å². The van der Waals surface area contributed by atoms with Gasteiger partial charge in [0.2, 0.25) is 5.91 Å². The van der Waals surface area contributed by atoms with Gasteiger partial charge in [0.05, 0.1) is 29.8 Å². The lowest BCUT2D eigenvalue weighted by molar-refractivity contribution is -0.118. The summed E-state index contributed by atoms with van der Waals surface area (Å²) < 4.78 is 5.24. The molecule has 2 rings (SSSR count). The van der Waals surface area contributed by atoms with E-state index in [0.717, 1.165) is 6.42 Å². The van der Waals surface area contributed by atoms with E-state index in [9.17, 15) is 9.59 Å². The molecule has 2 unspecified atom stereocenters. The molecule has 1 heterocycles. The van der Waals surface area contributed by atoms with Gasteiger partial charge in [-0.25, -0.2) is 0 Å². The number of nitrogens with one attached hydrogen (secondary N) is 1. The number of ether oxygens (including phenoxy) is 1. The van der Waals surface area contributed by atoms with E-state index < -0.39 is 6.04 Å². The zero-order valence-electron chi connectivity index (χ0n) is 14.5. The zero-order chi connectivity index (χ0) is 17.7. The van der Waals surface area contributed by atoms with Crippen molar-refractivity contribution >= 4 is 41.5 Å². The van der Waals surface area contributed by atoms with Gasteiger partial charge in [-0.2, -0.15) is 0 Å². The van der Waals surface area contributed by atoms with Gasteiger partial charge in [-0.05, 0) is 24.1 Å². The number of halogens is 2. The molecule has 25 heavy (non-hydrogen) atoms. The predicted octanol–water partition coefficient (Wildman–Crippen LogP) is 2.55. The monoisotopic (exact) mass is 389 g/mol. The van der Waals surface area contributed by atoms with Gasteiger partial charge in [-0.3, -0.25) is 9.59 Å². The Labute approximate surface area is 159 Å². The maximum atomic E-state index is 12.5. The van der Waals surface area contributed by atoms with Gasteiger partial charge < -0.3 is 20.7 Å². The third kappa shape index (κ3) is 5.57. The van der Waals surface area contributed by atoms with Gasteiger partial charge in [-0.15, -0.1) is 12.4 Å². The highest BCUT2D eigenvalue weighted by Gasteiger charge is 2.22. The first-order valence-corrected chi connectivity index (χ1v) is 8.54. The van der Waals surface area contributed by atoms with E-state index in [-0.39, 0.29) is 30.1 Å². The number of carbonyl (C=O) groups excluding carboxylic acids is 2. The van der Waals surface area contributed by atoms with Gasteiger partial charge >= 0.3 is 0 Å². The number of benzene rings is 1. The van der Waals surface area contributed by atoms with Crippen LogP contribution in [0, 0.1) is 5.92 Å². The van der Waals surface area contributed by atoms with Crippen LogP contribution in [-0.4, -0.2) is 49.1 Å². The Balaban J connectivity index is 0.00000312. The third-order valence-electron chi connectivity index (χ3n) is 4.33. The Morgan fingerprint density at radius 2 is 2.00 bits per heavy atom. The van der Waals surface area contributed by atoms with Crippen molar-refractivity contribution in [1.29, 1.82) is 0 Å². The standard InChI is InChI=1S/C17H24ClN3O3.ClH/c1-3-11(2)15(19)16(22)20-12-4-5-13(14(18)10-12)17(23)21-6-8-24-9-7-21;/h4-5,10-11,15H,3,6-9,19H2,1-2H3,(H,20,22);1H. The van der Waals surface area contributed by atoms with Crippen LogP contribution in [0.3, 0.4) is 0 Å². The number of nitrogens with two attached hydrogens (primary N) is 1. The summed E-state index contributed by atoms with van der Waals surface area (Å²) in [6.45, 7) is 6.09. The van der Waals surface area contributed by atoms with Crippen LogP contribution in [0.1, 0.15) is 30.6 Å². The molecule has 6 nitrogen and oxygen atoms in total. The number of amides is 2. The molecule has 0 saturated carbocycles. The van der Waals surface area contributed by atoms with Crippen LogP contribution in [0.25, 0.3) is 0 Å². The molecule has 1 aromatic rings. The second-order valence-electron chi connectivity index (χ2n) is 6.00. The van der Waals surface area contributed by atoms with Crippen molar-refractivity contribution < 1.29 is 14.3 Å². The van der Waals surface area contributed by atoms with E-state index in [2.05, 4.69) is 5.32 Å². The van der Waals surface area contributed by atoms with Crippen LogP contribution in [-0.2, 0) is 9.53 Å². The van der Waals surface area contributed by atoms with Gasteiger partial charge in [0.15, 0.2) is 0 Å². The van der Waals surface area contributed by atoms with Crippen molar-refractivity contribution in [3.05, 3.63) is 28.8 Å². The van der Waals surface area contributed by atoms with Gasteiger partial charge in [0, 0.05) is 18.8 Å². The van der Waals surface area contributed by atoms with Crippen LogP contribution < -0.4 is 11.1 Å². The molecule has 1 aliphatic heterocycles. The molecule has 0 aromatic heterocycles. The molecule has 0 radical (unpaired) electrons. The summed E-state index contributed by atoms with van der Waals surface area (Å²) in [5.41, 5.74) is 6.86. The summed E-state index contributed by atoms with van der Waals surface area (Å²) in [4.78, 5) is 26.3. The zero-order valence-corrected chi connectivity index (χ0v) is 16.0. The molecule has 1 aliphatic rings. The molecule has 1 saturated heterocycles. The first-order valence-electron chi connectivity index (χ1n) is 8.17. The molecule has 140 valence electrons. The minimum atomic E-state index is -0.580. The molecule has 2 amide bonds. The summed E-state index contributed by atoms with van der Waals surface area (Å²) in [7, 11) is 0. The Morgan fingerprint density at radius 3 is 2.56 bits per heavy atom. The Kier molecular flexibility index (Phi) is 8.65. The third-order valence-corrected chi connectivity index (χ3v) is 4.64. The molecular formula is C17H25Cl2N3O3. The summed E-state index contributed by atoms with van der Waals surface area (Å²) in [6.07, 6.45) is 0.822. The van der Waals surface area contributed by atoms with Crippen LogP contribution in [0.15, 0.2) is 18.2 Å². The van der Waals surface area contributed by atoms with Crippen molar-refractivity contribution in [2.24, 2.45) is 11.7 Å². The van der Waals surface area contributed by atoms with E-state index in [1.165, 1.54) is 0 Å². The van der Waals surface area contributed by atoms with Gasteiger partial charge in [0.1, 0.15) is 0 Å². The molecule has 3 N–H and O–H groups in total. The highest BCUT2D eigenvalue weighted by atomic mass is 35.5. The SMILES string of the molecule is CCC(C)C(N)C(=O)Nc1ccc(C(=O)N2CCOCC2)c(Cl)c1.Cl. The van der Waals surface area contributed by atoms with Crippen LogP contribution in [0.5, 0.6) is 0 Å². The highest BCUT2D eigenvalue weighted by molar-refractivity contribution is 6.34. The second kappa shape index (κ2) is 9.97. The molecule has 2 atom stereocenters. The quantitative estimate of drug-likeness (QED) is 0.809. The average molecular weight is 390 g/mol. The van der Waals surface area contributed by atoms with Gasteiger partial charge in [-0.1, -0.05) is 31.9 Å². The van der Waals surface area contributed by atoms with Crippen LogP contribution in [0.4, 0.5) is 5.69 Å². The maximum Gasteiger partial charge on any atom is 0.255 e. The minimum absolute atomic E-state index is 0. The fourth-order valence-electron chi connectivity index (χ4n) is 2.44. The number of anilines is 1. The number of nitrogens with zero attached hydrogens (tertiary/aromatic N) is 1. The fraction of sp³-hybridized carbons (Fsp3) is 0.529. The number of rotatable bonds is 5. The predicted molar refractivity (Wildman–Crippen MR) is 101 cm³/mol. The number of hydrogen-bond donors (Lipinski definition) is 2. The van der Waals surface area contributed by atoms with Crippen LogP contribution in [0.2, 0.25) is 5.02 Å². The smallest absolute Gasteiger partial charge is 0.255 e. The van der Waals surface area contributed by atoms with Crippen molar-refractivity contribution in [3.8, 4) is 0 Å². The highest BCUT2D eigenvalue weighted by Crippen LogP contribution is 2.23. The summed E-state index contributed by atoms with van der Waals surface area (Å²) in [6, 6.07) is 4.30. The van der Waals surface area contributed by atoms with Gasteiger partial charge in [0.25, 0.3) is 5.91 Å². The Morgan fingerprint density at radius 1 is 1.36 bits per heavy atom. The average Bonchev–Trinajstić information content (AvgIpc) is 2.60. The molecular weight excluding hydrogens is 365 g/mol. The topological polar surface area (TPSA) is 84.7 Å². The second-order valence-corrected chi connectivity index (χ2v) is 6.41. The summed E-state index contributed by atoms with van der Waals surface area (Å²) >= 11 is 6.24. The molecule has 1 fully saturated rings. The first kappa shape index (κ1) is 21.7. The Hall–Kier alpha value is -1.34. The Bertz CT molecular complexity index is 607. The molecule has 0 spiro atoms.